The van der Waals surface area contributed by atoms with Gasteiger partial charge in [-0.05, 0) is 51.3 Å². The molecule has 1 fully saturated rings. The first-order chi connectivity index (χ1) is 13.5. The molecule has 1 aliphatic heterocycles. The molecule has 6 nitrogen and oxygen atoms in total. The molecule has 0 amide bonds. The minimum absolute atomic E-state index is 0. The molecule has 2 rings (SSSR count). The minimum Gasteiger partial charge on any atom is -0.386 e. The summed E-state index contributed by atoms with van der Waals surface area (Å²) in [5, 5.41) is 17.8. The maximum Gasteiger partial charge on any atom is 0.191 e. The molecule has 0 radical (unpaired) electrons. The van der Waals surface area contributed by atoms with Gasteiger partial charge in [0.05, 0.1) is 25.4 Å². The fourth-order valence-electron chi connectivity index (χ4n) is 3.20. The average Bonchev–Trinajstić information content (AvgIpc) is 2.67. The summed E-state index contributed by atoms with van der Waals surface area (Å²) in [7, 11) is 0. The van der Waals surface area contributed by atoms with Gasteiger partial charge in [-0.1, -0.05) is 23.7 Å². The number of ether oxygens (including phenoxy) is 1. The molecule has 0 saturated carbocycles. The first-order valence-corrected chi connectivity index (χ1v) is 10.7. The Balaban J connectivity index is 0.00000420. The van der Waals surface area contributed by atoms with Gasteiger partial charge in [0, 0.05) is 37.2 Å². The van der Waals surface area contributed by atoms with E-state index in [1.165, 1.54) is 0 Å². The number of benzene rings is 1. The number of guanidine groups is 1. The van der Waals surface area contributed by atoms with Crippen LogP contribution in [0, 0.1) is 0 Å². The molecule has 1 unspecified atom stereocenters. The van der Waals surface area contributed by atoms with Crippen molar-refractivity contribution in [3.05, 3.63) is 34.9 Å². The van der Waals surface area contributed by atoms with E-state index in [4.69, 9.17) is 16.3 Å². The molecule has 0 aromatic heterocycles. The van der Waals surface area contributed by atoms with E-state index < -0.39 is 6.10 Å². The second-order valence-electron chi connectivity index (χ2n) is 7.47. The highest BCUT2D eigenvalue weighted by atomic mass is 127. The molecule has 29 heavy (non-hydrogen) atoms. The summed E-state index contributed by atoms with van der Waals surface area (Å²) in [5.74, 6) is 0.761. The molecule has 0 spiro atoms. The Morgan fingerprint density at radius 3 is 2.52 bits per heavy atom. The van der Waals surface area contributed by atoms with Gasteiger partial charge in [-0.2, -0.15) is 0 Å². The van der Waals surface area contributed by atoms with Gasteiger partial charge in [-0.3, -0.25) is 4.99 Å². The topological polar surface area (TPSA) is 69.1 Å². The number of rotatable bonds is 9. The highest BCUT2D eigenvalue weighted by Gasteiger charge is 2.20. The Hall–Kier alpha value is -0.610. The van der Waals surface area contributed by atoms with Crippen LogP contribution < -0.4 is 10.6 Å². The Morgan fingerprint density at radius 2 is 1.93 bits per heavy atom. The zero-order chi connectivity index (χ0) is 20.4. The van der Waals surface area contributed by atoms with Crippen molar-refractivity contribution in [2.75, 3.05) is 39.3 Å². The number of halogens is 2. The van der Waals surface area contributed by atoms with Crippen molar-refractivity contribution in [1.82, 2.24) is 15.5 Å². The molecule has 1 aliphatic rings. The highest BCUT2D eigenvalue weighted by Crippen LogP contribution is 2.16. The van der Waals surface area contributed by atoms with E-state index in [0.29, 0.717) is 23.7 Å². The lowest BCUT2D eigenvalue weighted by Crippen LogP contribution is -2.49. The molecule has 0 bridgehead atoms. The van der Waals surface area contributed by atoms with Crippen LogP contribution >= 0.6 is 35.6 Å². The number of aliphatic hydroxyl groups is 1. The molecule has 1 atom stereocenters. The quantitative estimate of drug-likeness (QED) is 0.255. The lowest BCUT2D eigenvalue weighted by atomic mass is 10.1. The van der Waals surface area contributed by atoms with Crippen LogP contribution in [0.3, 0.4) is 0 Å². The van der Waals surface area contributed by atoms with E-state index in [2.05, 4.69) is 34.4 Å². The van der Waals surface area contributed by atoms with E-state index in [0.717, 1.165) is 57.2 Å². The lowest BCUT2D eigenvalue weighted by molar-refractivity contribution is 0.0532. The van der Waals surface area contributed by atoms with E-state index in [9.17, 15) is 5.11 Å². The Labute approximate surface area is 197 Å². The smallest absolute Gasteiger partial charge is 0.191 e. The fraction of sp³-hybridized carbons (Fsp3) is 0.667. The molecule has 3 N–H and O–H groups in total. The summed E-state index contributed by atoms with van der Waals surface area (Å²) >= 11 is 5.91. The van der Waals surface area contributed by atoms with Crippen molar-refractivity contribution in [2.45, 2.75) is 51.9 Å². The summed E-state index contributed by atoms with van der Waals surface area (Å²) in [5.41, 5.74) is 0.820. The number of piperidine rings is 1. The summed E-state index contributed by atoms with van der Waals surface area (Å²) in [4.78, 5) is 7.03. The molecule has 1 aromatic rings. The van der Waals surface area contributed by atoms with Crippen molar-refractivity contribution in [3.8, 4) is 0 Å². The van der Waals surface area contributed by atoms with Gasteiger partial charge in [0.15, 0.2) is 5.96 Å². The van der Waals surface area contributed by atoms with Gasteiger partial charge in [-0.25, -0.2) is 0 Å². The maximum atomic E-state index is 10.4. The number of nitrogens with one attached hydrogen (secondary N) is 2. The third-order valence-corrected chi connectivity index (χ3v) is 5.06. The number of hydrogen-bond donors (Lipinski definition) is 3. The van der Waals surface area contributed by atoms with Crippen molar-refractivity contribution in [3.63, 3.8) is 0 Å². The van der Waals surface area contributed by atoms with Gasteiger partial charge in [0.1, 0.15) is 0 Å². The Morgan fingerprint density at radius 1 is 1.28 bits per heavy atom. The van der Waals surface area contributed by atoms with Crippen molar-refractivity contribution in [1.29, 1.82) is 0 Å². The first kappa shape index (κ1) is 26.4. The lowest BCUT2D eigenvalue weighted by Gasteiger charge is -2.33. The number of aliphatic hydroxyl groups excluding tert-OH is 1. The molecule has 8 heteroatoms. The van der Waals surface area contributed by atoms with Crippen LogP contribution in [0.1, 0.15) is 45.3 Å². The van der Waals surface area contributed by atoms with Gasteiger partial charge in [-0.15, -0.1) is 24.0 Å². The molecule has 1 heterocycles. The molecular weight excluding hydrogens is 503 g/mol. The Kier molecular flexibility index (Phi) is 13.1. The van der Waals surface area contributed by atoms with Crippen LogP contribution in [0.15, 0.2) is 29.3 Å². The van der Waals surface area contributed by atoms with Gasteiger partial charge < -0.3 is 25.4 Å². The van der Waals surface area contributed by atoms with E-state index in [-0.39, 0.29) is 24.0 Å². The fourth-order valence-corrected chi connectivity index (χ4v) is 3.33. The van der Waals surface area contributed by atoms with Crippen molar-refractivity contribution in [2.24, 2.45) is 4.99 Å². The monoisotopic (exact) mass is 538 g/mol. The van der Waals surface area contributed by atoms with Crippen LogP contribution in [0.25, 0.3) is 0 Å². The average molecular weight is 539 g/mol. The van der Waals surface area contributed by atoms with Crippen molar-refractivity contribution >= 4 is 41.5 Å². The minimum atomic E-state index is -0.643. The maximum absolute atomic E-state index is 10.4. The number of likely N-dealkylation sites (tertiary alicyclic amines) is 1. The first-order valence-electron chi connectivity index (χ1n) is 10.3. The van der Waals surface area contributed by atoms with E-state index in [1.807, 2.05) is 19.1 Å². The SMILES string of the molecule is CCNC(=NCC(O)c1ccc(Cl)cc1)NC1CCN(CCOC(C)C)CC1.I. The third kappa shape index (κ3) is 10.3. The van der Waals surface area contributed by atoms with Crippen LogP contribution in [-0.4, -0.2) is 67.4 Å². The largest absolute Gasteiger partial charge is 0.386 e. The van der Waals surface area contributed by atoms with E-state index >= 15 is 0 Å². The second kappa shape index (κ2) is 14.4. The summed E-state index contributed by atoms with van der Waals surface area (Å²) < 4.78 is 5.65. The molecule has 166 valence electrons. The van der Waals surface area contributed by atoms with Crippen LogP contribution in [0.4, 0.5) is 0 Å². The number of hydrogen-bond acceptors (Lipinski definition) is 4. The normalized spacial score (nSPS) is 17.1. The predicted octanol–water partition coefficient (Wildman–Crippen LogP) is 3.44. The molecular formula is C21H36ClIN4O2. The van der Waals surface area contributed by atoms with Crippen LogP contribution in [-0.2, 0) is 4.74 Å². The number of aliphatic imine (C=N–C) groups is 1. The van der Waals surface area contributed by atoms with Crippen LogP contribution in [0.2, 0.25) is 5.02 Å². The number of nitrogens with zero attached hydrogens (tertiary/aromatic N) is 2. The van der Waals surface area contributed by atoms with Gasteiger partial charge in [0.25, 0.3) is 0 Å². The molecule has 1 aromatic carbocycles. The zero-order valence-electron chi connectivity index (χ0n) is 17.7. The van der Waals surface area contributed by atoms with Gasteiger partial charge in [0.2, 0.25) is 0 Å². The van der Waals surface area contributed by atoms with Crippen LogP contribution in [0.5, 0.6) is 0 Å². The second-order valence-corrected chi connectivity index (χ2v) is 7.90. The molecule has 0 aliphatic carbocycles. The summed E-state index contributed by atoms with van der Waals surface area (Å²) in [6, 6.07) is 7.64. The standard InChI is InChI=1S/C21H35ClN4O2.HI/c1-4-23-21(24-15-20(27)17-5-7-18(22)8-6-17)25-19-9-11-26(12-10-19)13-14-28-16(2)3;/h5-8,16,19-20,27H,4,9-15H2,1-3H3,(H2,23,24,25);1H. The Bertz CT molecular complexity index is 593. The predicted molar refractivity (Wildman–Crippen MR) is 131 cm³/mol. The summed E-state index contributed by atoms with van der Waals surface area (Å²) in [6.07, 6.45) is 1.80. The van der Waals surface area contributed by atoms with E-state index in [1.54, 1.807) is 12.1 Å². The molecule has 1 saturated heterocycles. The summed E-state index contributed by atoms with van der Waals surface area (Å²) in [6.45, 7) is 11.2. The third-order valence-electron chi connectivity index (χ3n) is 4.81. The highest BCUT2D eigenvalue weighted by molar-refractivity contribution is 14.0. The zero-order valence-corrected chi connectivity index (χ0v) is 20.8. The van der Waals surface area contributed by atoms with Crippen molar-refractivity contribution < 1.29 is 9.84 Å². The van der Waals surface area contributed by atoms with Gasteiger partial charge >= 0.3 is 0 Å².